The van der Waals surface area contributed by atoms with Crippen molar-refractivity contribution in [2.45, 2.75) is 19.8 Å². The molecule has 1 heterocycles. The predicted molar refractivity (Wildman–Crippen MR) is 47.5 cm³/mol. The van der Waals surface area contributed by atoms with Gasteiger partial charge in [-0.15, -0.1) is 11.3 Å². The highest BCUT2D eigenvalue weighted by Crippen LogP contribution is 2.11. The summed E-state index contributed by atoms with van der Waals surface area (Å²) in [5.41, 5.74) is 0.535. The molecule has 1 rings (SSSR count). The smallest absolute Gasteiger partial charge is 0.178 e. The fraction of sp³-hybridized carbons (Fsp3) is 0.500. The molecule has 0 aliphatic carbocycles. The Balaban J connectivity index is 2.58. The maximum atomic E-state index is 10.8. The molecule has 0 unspecified atom stereocenters. The molecule has 3 nitrogen and oxygen atoms in total. The Bertz CT molecular complexity index is 270. The number of carbonyl (C=O) groups excluding carboxylic acids is 1. The molecule has 0 spiro atoms. The first kappa shape index (κ1) is 9.35. The molecule has 0 aliphatic heterocycles. The van der Waals surface area contributed by atoms with Crippen LogP contribution < -0.4 is 0 Å². The monoisotopic (exact) mass is 185 g/mol. The van der Waals surface area contributed by atoms with E-state index in [1.807, 2.05) is 0 Å². The Morgan fingerprint density at radius 1 is 1.75 bits per heavy atom. The molecule has 0 bridgehead atoms. The van der Waals surface area contributed by atoms with E-state index in [0.717, 1.165) is 11.4 Å². The minimum Gasteiger partial charge on any atom is -0.396 e. The number of rotatable bonds is 4. The number of hydrogen-bond donors (Lipinski definition) is 1. The van der Waals surface area contributed by atoms with Crippen LogP contribution in [0.1, 0.15) is 28.8 Å². The Kier molecular flexibility index (Phi) is 3.37. The van der Waals surface area contributed by atoms with Crippen molar-refractivity contribution < 1.29 is 9.90 Å². The molecule has 4 heteroatoms. The molecule has 1 aromatic rings. The van der Waals surface area contributed by atoms with Crippen LogP contribution in [-0.2, 0) is 6.42 Å². The van der Waals surface area contributed by atoms with Gasteiger partial charge in [0.05, 0.1) is 5.01 Å². The fourth-order valence-electron chi connectivity index (χ4n) is 0.818. The summed E-state index contributed by atoms with van der Waals surface area (Å²) >= 11 is 1.47. The van der Waals surface area contributed by atoms with Crippen LogP contribution in [0.25, 0.3) is 0 Å². The zero-order valence-corrected chi connectivity index (χ0v) is 7.73. The van der Waals surface area contributed by atoms with Gasteiger partial charge < -0.3 is 5.11 Å². The normalized spacial score (nSPS) is 10.2. The van der Waals surface area contributed by atoms with Gasteiger partial charge in [-0.25, -0.2) is 4.98 Å². The predicted octanol–water partition coefficient (Wildman–Crippen LogP) is 1.27. The molecule has 0 atom stereocenters. The van der Waals surface area contributed by atoms with E-state index in [0.29, 0.717) is 12.1 Å². The summed E-state index contributed by atoms with van der Waals surface area (Å²) in [6.07, 6.45) is 1.47. The fourth-order valence-corrected chi connectivity index (χ4v) is 1.70. The zero-order chi connectivity index (χ0) is 8.97. The second-order valence-corrected chi connectivity index (χ2v) is 3.45. The number of carbonyl (C=O) groups is 1. The van der Waals surface area contributed by atoms with Crippen molar-refractivity contribution in [2.75, 3.05) is 6.61 Å². The van der Waals surface area contributed by atoms with Crippen molar-refractivity contribution in [3.63, 3.8) is 0 Å². The number of aliphatic hydroxyl groups is 1. The summed E-state index contributed by atoms with van der Waals surface area (Å²) in [4.78, 5) is 14.9. The maximum Gasteiger partial charge on any atom is 0.178 e. The molecule has 0 aliphatic rings. The molecule has 0 radical (unpaired) electrons. The van der Waals surface area contributed by atoms with E-state index in [1.54, 1.807) is 5.38 Å². The van der Waals surface area contributed by atoms with Crippen molar-refractivity contribution in [1.29, 1.82) is 0 Å². The van der Waals surface area contributed by atoms with Gasteiger partial charge in [-0.2, -0.15) is 0 Å². The van der Waals surface area contributed by atoms with Crippen molar-refractivity contribution in [2.24, 2.45) is 0 Å². The topological polar surface area (TPSA) is 50.2 Å². The summed E-state index contributed by atoms with van der Waals surface area (Å²) in [7, 11) is 0. The molecule has 0 saturated heterocycles. The Hall–Kier alpha value is -0.740. The number of ketones is 1. The lowest BCUT2D eigenvalue weighted by Gasteiger charge is -1.90. The summed E-state index contributed by atoms with van der Waals surface area (Å²) < 4.78 is 0. The number of thiazole rings is 1. The molecular weight excluding hydrogens is 174 g/mol. The van der Waals surface area contributed by atoms with Crippen LogP contribution in [0.2, 0.25) is 0 Å². The minimum atomic E-state index is 0.00139. The highest BCUT2D eigenvalue weighted by Gasteiger charge is 2.04. The lowest BCUT2D eigenvalue weighted by Crippen LogP contribution is -1.93. The third-order valence-corrected chi connectivity index (χ3v) is 2.37. The lowest BCUT2D eigenvalue weighted by molar-refractivity contribution is 0.101. The standard InChI is InChI=1S/C8H11NO2S/c1-6(11)7-5-12-8(9-7)3-2-4-10/h5,10H,2-4H2,1H3. The van der Waals surface area contributed by atoms with E-state index < -0.39 is 0 Å². The van der Waals surface area contributed by atoms with Gasteiger partial charge in [0, 0.05) is 25.3 Å². The summed E-state index contributed by atoms with van der Waals surface area (Å²) in [5, 5.41) is 11.2. The van der Waals surface area contributed by atoms with Gasteiger partial charge in [-0.3, -0.25) is 4.79 Å². The van der Waals surface area contributed by atoms with Crippen LogP contribution in [0.5, 0.6) is 0 Å². The summed E-state index contributed by atoms with van der Waals surface area (Å²) in [5.74, 6) is 0.00139. The van der Waals surface area contributed by atoms with Gasteiger partial charge in [-0.1, -0.05) is 0 Å². The second-order valence-electron chi connectivity index (χ2n) is 2.51. The van der Waals surface area contributed by atoms with Crippen LogP contribution in [0.3, 0.4) is 0 Å². The quantitative estimate of drug-likeness (QED) is 0.719. The zero-order valence-electron chi connectivity index (χ0n) is 6.91. The van der Waals surface area contributed by atoms with E-state index in [-0.39, 0.29) is 12.4 Å². The van der Waals surface area contributed by atoms with Crippen molar-refractivity contribution in [3.8, 4) is 0 Å². The molecule has 0 fully saturated rings. The maximum absolute atomic E-state index is 10.8. The number of nitrogens with zero attached hydrogens (tertiary/aromatic N) is 1. The molecule has 12 heavy (non-hydrogen) atoms. The third-order valence-electron chi connectivity index (χ3n) is 1.46. The van der Waals surface area contributed by atoms with Crippen LogP contribution in [0.4, 0.5) is 0 Å². The first-order valence-corrected chi connectivity index (χ1v) is 4.68. The van der Waals surface area contributed by atoms with Gasteiger partial charge in [0.2, 0.25) is 0 Å². The molecule has 0 aromatic carbocycles. The average molecular weight is 185 g/mol. The van der Waals surface area contributed by atoms with E-state index in [2.05, 4.69) is 4.98 Å². The van der Waals surface area contributed by atoms with Crippen molar-refractivity contribution in [1.82, 2.24) is 4.98 Å². The van der Waals surface area contributed by atoms with Crippen LogP contribution in [0.15, 0.2) is 5.38 Å². The first-order chi connectivity index (χ1) is 5.74. The highest BCUT2D eigenvalue weighted by molar-refractivity contribution is 7.09. The SMILES string of the molecule is CC(=O)c1csc(CCCO)n1. The Morgan fingerprint density at radius 2 is 2.50 bits per heavy atom. The minimum absolute atomic E-state index is 0.00139. The molecular formula is C8H11NO2S. The van der Waals surface area contributed by atoms with E-state index in [9.17, 15) is 4.79 Å². The second kappa shape index (κ2) is 4.33. The van der Waals surface area contributed by atoms with Crippen molar-refractivity contribution in [3.05, 3.63) is 16.1 Å². The van der Waals surface area contributed by atoms with Gasteiger partial charge in [0.15, 0.2) is 5.78 Å². The van der Waals surface area contributed by atoms with Gasteiger partial charge in [0.1, 0.15) is 5.69 Å². The van der Waals surface area contributed by atoms with E-state index in [4.69, 9.17) is 5.11 Å². The lowest BCUT2D eigenvalue weighted by atomic mass is 10.3. The Labute approximate surface area is 75.1 Å². The third kappa shape index (κ3) is 2.39. The van der Waals surface area contributed by atoms with E-state index >= 15 is 0 Å². The largest absolute Gasteiger partial charge is 0.396 e. The molecule has 0 amide bonds. The average Bonchev–Trinajstić information content (AvgIpc) is 2.48. The number of aliphatic hydroxyl groups excluding tert-OH is 1. The van der Waals surface area contributed by atoms with Gasteiger partial charge in [0.25, 0.3) is 0 Å². The molecule has 1 aromatic heterocycles. The van der Waals surface area contributed by atoms with Crippen LogP contribution in [0, 0.1) is 0 Å². The Morgan fingerprint density at radius 3 is 3.00 bits per heavy atom. The summed E-state index contributed by atoms with van der Waals surface area (Å²) in [6.45, 7) is 1.68. The highest BCUT2D eigenvalue weighted by atomic mass is 32.1. The van der Waals surface area contributed by atoms with E-state index in [1.165, 1.54) is 18.3 Å². The number of Topliss-reactive ketones (excluding diaryl/α,β-unsaturated/α-hetero) is 1. The molecule has 66 valence electrons. The van der Waals surface area contributed by atoms with Gasteiger partial charge in [-0.05, 0) is 6.42 Å². The molecule has 0 saturated carbocycles. The summed E-state index contributed by atoms with van der Waals surface area (Å²) in [6, 6.07) is 0. The first-order valence-electron chi connectivity index (χ1n) is 3.80. The van der Waals surface area contributed by atoms with Crippen molar-refractivity contribution >= 4 is 17.1 Å². The van der Waals surface area contributed by atoms with Gasteiger partial charge >= 0.3 is 0 Å². The number of hydrogen-bond acceptors (Lipinski definition) is 4. The molecule has 1 N–H and O–H groups in total. The van der Waals surface area contributed by atoms with Crippen LogP contribution in [-0.4, -0.2) is 22.5 Å². The number of aromatic nitrogens is 1. The van der Waals surface area contributed by atoms with Crippen LogP contribution >= 0.6 is 11.3 Å². The number of aryl methyl sites for hydroxylation is 1.